The standard InChI is InChI=1S/C13H21N3O3/c1-8(2)11-5-12(19-15-11)13(18)14-9-4-10(7-17)16(3)6-9/h5,8-10,17H,4,6-7H2,1-3H3,(H,14,18)/t9-,10+/m1/s1. The highest BCUT2D eigenvalue weighted by Crippen LogP contribution is 2.17. The van der Waals surface area contributed by atoms with E-state index in [0.717, 1.165) is 18.7 Å². The van der Waals surface area contributed by atoms with E-state index in [1.165, 1.54) is 0 Å². The second kappa shape index (κ2) is 5.71. The maximum absolute atomic E-state index is 12.0. The van der Waals surface area contributed by atoms with Crippen LogP contribution in [0.1, 0.15) is 42.4 Å². The molecule has 19 heavy (non-hydrogen) atoms. The summed E-state index contributed by atoms with van der Waals surface area (Å²) in [6.45, 7) is 4.85. The number of amides is 1. The van der Waals surface area contributed by atoms with Crippen LogP contribution in [-0.2, 0) is 0 Å². The summed E-state index contributed by atoms with van der Waals surface area (Å²) in [6, 6.07) is 1.84. The number of carbonyl (C=O) groups is 1. The Morgan fingerprint density at radius 1 is 1.68 bits per heavy atom. The van der Waals surface area contributed by atoms with E-state index in [1.54, 1.807) is 6.07 Å². The van der Waals surface area contributed by atoms with Gasteiger partial charge in [-0.2, -0.15) is 0 Å². The summed E-state index contributed by atoms with van der Waals surface area (Å²) in [7, 11) is 1.94. The van der Waals surface area contributed by atoms with Crippen LogP contribution >= 0.6 is 0 Å². The molecule has 0 saturated carbocycles. The Labute approximate surface area is 112 Å². The van der Waals surface area contributed by atoms with E-state index in [2.05, 4.69) is 10.5 Å². The van der Waals surface area contributed by atoms with E-state index < -0.39 is 0 Å². The van der Waals surface area contributed by atoms with Crippen molar-refractivity contribution >= 4 is 5.91 Å². The molecule has 1 amide bonds. The Kier molecular flexibility index (Phi) is 4.21. The smallest absolute Gasteiger partial charge is 0.290 e. The molecule has 2 N–H and O–H groups in total. The van der Waals surface area contributed by atoms with Gasteiger partial charge in [-0.25, -0.2) is 0 Å². The maximum atomic E-state index is 12.0. The molecule has 1 aliphatic heterocycles. The van der Waals surface area contributed by atoms with Crippen molar-refractivity contribution in [3.8, 4) is 0 Å². The van der Waals surface area contributed by atoms with Gasteiger partial charge in [-0.1, -0.05) is 19.0 Å². The van der Waals surface area contributed by atoms with Gasteiger partial charge in [0, 0.05) is 24.7 Å². The summed E-state index contributed by atoms with van der Waals surface area (Å²) in [5.74, 6) is 0.247. The molecule has 6 nitrogen and oxygen atoms in total. The number of nitrogens with one attached hydrogen (secondary N) is 1. The number of nitrogens with zero attached hydrogens (tertiary/aromatic N) is 2. The van der Waals surface area contributed by atoms with Crippen molar-refractivity contribution < 1.29 is 14.4 Å². The topological polar surface area (TPSA) is 78.6 Å². The lowest BCUT2D eigenvalue weighted by atomic mass is 10.1. The maximum Gasteiger partial charge on any atom is 0.290 e. The lowest BCUT2D eigenvalue weighted by molar-refractivity contribution is 0.0901. The monoisotopic (exact) mass is 267 g/mol. The molecule has 2 heterocycles. The number of hydrogen-bond acceptors (Lipinski definition) is 5. The van der Waals surface area contributed by atoms with E-state index in [9.17, 15) is 9.90 Å². The number of hydrogen-bond donors (Lipinski definition) is 2. The van der Waals surface area contributed by atoms with Gasteiger partial charge in [-0.3, -0.25) is 9.69 Å². The van der Waals surface area contributed by atoms with Gasteiger partial charge in [-0.05, 0) is 19.4 Å². The van der Waals surface area contributed by atoms with Crippen LogP contribution in [0.2, 0.25) is 0 Å². The van der Waals surface area contributed by atoms with Crippen LogP contribution in [0, 0.1) is 0 Å². The minimum absolute atomic E-state index is 0.0437. The fraction of sp³-hybridized carbons (Fsp3) is 0.692. The van der Waals surface area contributed by atoms with Gasteiger partial charge in [0.1, 0.15) is 0 Å². The van der Waals surface area contributed by atoms with Gasteiger partial charge >= 0.3 is 0 Å². The summed E-state index contributed by atoms with van der Waals surface area (Å²) >= 11 is 0. The molecule has 0 spiro atoms. The van der Waals surface area contributed by atoms with Crippen molar-refractivity contribution in [2.24, 2.45) is 0 Å². The third-order valence-electron chi connectivity index (χ3n) is 3.58. The summed E-state index contributed by atoms with van der Waals surface area (Å²) in [4.78, 5) is 14.1. The Hall–Kier alpha value is -1.40. The molecular weight excluding hydrogens is 246 g/mol. The number of likely N-dealkylation sites (tertiary alicyclic amines) is 1. The molecule has 0 radical (unpaired) electrons. The lowest BCUT2D eigenvalue weighted by Crippen LogP contribution is -2.36. The molecule has 0 aromatic carbocycles. The largest absolute Gasteiger partial charge is 0.395 e. The molecule has 2 rings (SSSR count). The van der Waals surface area contributed by atoms with Gasteiger partial charge in [-0.15, -0.1) is 0 Å². The zero-order valence-corrected chi connectivity index (χ0v) is 11.6. The van der Waals surface area contributed by atoms with Crippen LogP contribution in [0.4, 0.5) is 0 Å². The second-order valence-electron chi connectivity index (χ2n) is 5.45. The van der Waals surface area contributed by atoms with Crippen LogP contribution in [0.3, 0.4) is 0 Å². The molecule has 106 valence electrons. The van der Waals surface area contributed by atoms with Gasteiger partial charge in [0.25, 0.3) is 5.91 Å². The highest BCUT2D eigenvalue weighted by atomic mass is 16.5. The van der Waals surface area contributed by atoms with E-state index >= 15 is 0 Å². The van der Waals surface area contributed by atoms with Crippen molar-refractivity contribution in [2.45, 2.75) is 38.3 Å². The molecule has 2 atom stereocenters. The first kappa shape index (κ1) is 14.0. The molecule has 1 saturated heterocycles. The third-order valence-corrected chi connectivity index (χ3v) is 3.58. The molecule has 0 aliphatic carbocycles. The predicted molar refractivity (Wildman–Crippen MR) is 70.0 cm³/mol. The van der Waals surface area contributed by atoms with E-state index in [0.29, 0.717) is 0 Å². The predicted octanol–water partition coefficient (Wildman–Crippen LogP) is 0.593. The fourth-order valence-electron chi connectivity index (χ4n) is 2.32. The first-order valence-corrected chi connectivity index (χ1v) is 6.59. The van der Waals surface area contributed by atoms with E-state index in [-0.39, 0.29) is 36.3 Å². The molecule has 6 heteroatoms. The number of carbonyl (C=O) groups excluding carboxylic acids is 1. The van der Waals surface area contributed by atoms with Crippen molar-refractivity contribution in [1.82, 2.24) is 15.4 Å². The molecule has 1 fully saturated rings. The van der Waals surface area contributed by atoms with E-state index in [1.807, 2.05) is 25.8 Å². The van der Waals surface area contributed by atoms with Crippen molar-refractivity contribution in [2.75, 3.05) is 20.2 Å². The number of aliphatic hydroxyl groups excluding tert-OH is 1. The van der Waals surface area contributed by atoms with E-state index in [4.69, 9.17) is 4.52 Å². The summed E-state index contributed by atoms with van der Waals surface area (Å²) in [6.07, 6.45) is 0.754. The fourth-order valence-corrected chi connectivity index (χ4v) is 2.32. The SMILES string of the molecule is CC(C)c1cc(C(=O)N[C@@H]2C[C@@H](CO)N(C)C2)on1. The van der Waals surface area contributed by atoms with Gasteiger partial charge in [0.05, 0.1) is 12.3 Å². The zero-order chi connectivity index (χ0) is 14.0. The average molecular weight is 267 g/mol. The average Bonchev–Trinajstić information content (AvgIpc) is 2.95. The Balaban J connectivity index is 1.94. The lowest BCUT2D eigenvalue weighted by Gasteiger charge is -2.14. The first-order chi connectivity index (χ1) is 9.01. The second-order valence-corrected chi connectivity index (χ2v) is 5.45. The van der Waals surface area contributed by atoms with Crippen molar-refractivity contribution in [3.63, 3.8) is 0 Å². The van der Waals surface area contributed by atoms with Gasteiger partial charge in [0.15, 0.2) is 0 Å². The Morgan fingerprint density at radius 2 is 2.42 bits per heavy atom. The minimum atomic E-state index is -0.239. The number of aliphatic hydroxyl groups is 1. The highest BCUT2D eigenvalue weighted by Gasteiger charge is 2.30. The quantitative estimate of drug-likeness (QED) is 0.835. The molecular formula is C13H21N3O3. The third kappa shape index (κ3) is 3.13. The van der Waals surface area contributed by atoms with Gasteiger partial charge in [0.2, 0.25) is 5.76 Å². The Bertz CT molecular complexity index is 444. The summed E-state index contributed by atoms with van der Waals surface area (Å²) in [5, 5.41) is 16.0. The molecule has 1 aromatic heterocycles. The molecule has 0 bridgehead atoms. The molecule has 1 aliphatic rings. The van der Waals surface area contributed by atoms with Crippen LogP contribution < -0.4 is 5.32 Å². The summed E-state index contributed by atoms with van der Waals surface area (Å²) in [5.41, 5.74) is 0.780. The number of rotatable bonds is 4. The minimum Gasteiger partial charge on any atom is -0.395 e. The first-order valence-electron chi connectivity index (χ1n) is 6.59. The summed E-state index contributed by atoms with van der Waals surface area (Å²) < 4.78 is 5.05. The van der Waals surface area contributed by atoms with Gasteiger partial charge < -0.3 is 14.9 Å². The number of likely N-dealkylation sites (N-methyl/N-ethyl adjacent to an activating group) is 1. The Morgan fingerprint density at radius 3 is 2.95 bits per heavy atom. The van der Waals surface area contributed by atoms with Crippen LogP contribution in [0.15, 0.2) is 10.6 Å². The molecule has 0 unspecified atom stereocenters. The van der Waals surface area contributed by atoms with Crippen LogP contribution in [0.25, 0.3) is 0 Å². The van der Waals surface area contributed by atoms with Crippen LogP contribution in [-0.4, -0.2) is 53.4 Å². The zero-order valence-electron chi connectivity index (χ0n) is 11.6. The normalized spacial score (nSPS) is 24.1. The van der Waals surface area contributed by atoms with Crippen molar-refractivity contribution in [1.29, 1.82) is 0 Å². The van der Waals surface area contributed by atoms with Crippen molar-refractivity contribution in [3.05, 3.63) is 17.5 Å². The molecule has 1 aromatic rings. The highest BCUT2D eigenvalue weighted by molar-refractivity contribution is 5.91. The van der Waals surface area contributed by atoms with Crippen LogP contribution in [0.5, 0.6) is 0 Å². The number of aromatic nitrogens is 1.